The molecule has 2 aromatic carbocycles. The van der Waals surface area contributed by atoms with Crippen molar-refractivity contribution >= 4 is 17.6 Å². The van der Waals surface area contributed by atoms with Crippen molar-refractivity contribution in [3.05, 3.63) is 89.8 Å². The Labute approximate surface area is 290 Å². The van der Waals surface area contributed by atoms with Crippen LogP contribution in [0.3, 0.4) is 0 Å². The number of carbonyl (C=O) groups is 1. The van der Waals surface area contributed by atoms with E-state index in [4.69, 9.17) is 16.3 Å². The smallest absolute Gasteiger partial charge is 0.465 e. The van der Waals surface area contributed by atoms with E-state index in [9.17, 15) is 22.4 Å². The number of esters is 1. The van der Waals surface area contributed by atoms with Crippen molar-refractivity contribution < 1.29 is 50.7 Å². The summed E-state index contributed by atoms with van der Waals surface area (Å²) in [7, 11) is 1.83. The molecule has 0 heterocycles. The number of likely N-dealkylation sites (N-methyl/N-ethyl adjacent to an activating group) is 1. The summed E-state index contributed by atoms with van der Waals surface area (Å²) in [5, 5.41) is 0.419. The van der Waals surface area contributed by atoms with Crippen molar-refractivity contribution in [3.8, 4) is 0 Å². The van der Waals surface area contributed by atoms with E-state index in [2.05, 4.69) is 18.6 Å². The zero-order valence-corrected chi connectivity index (χ0v) is 28.9. The summed E-state index contributed by atoms with van der Waals surface area (Å²) in [4.78, 5) is 17.3. The van der Waals surface area contributed by atoms with E-state index >= 15 is 0 Å². The molecule has 2 atom stereocenters. The molecule has 1 aliphatic rings. The van der Waals surface area contributed by atoms with Crippen LogP contribution in [0.4, 0.5) is 17.6 Å². The molecule has 1 saturated carbocycles. The zero-order valence-electron chi connectivity index (χ0n) is 28.1. The van der Waals surface area contributed by atoms with Crippen LogP contribution in [0.1, 0.15) is 93.1 Å². The Balaban J connectivity index is 0.00000254. The SMILES string of the molecule is C[CH-]C.[CH2-]CN(C[CH2-])[C@@H](CCN(C)C(C(=O)OCC)c1cccc(C)c1C1CCC(OC(F)(F)F)CC1)c1cc(Cl)ccc1F.[Li+]. The van der Waals surface area contributed by atoms with Crippen molar-refractivity contribution in [1.82, 2.24) is 9.80 Å². The molecule has 1 unspecified atom stereocenters. The first-order valence-electron chi connectivity index (χ1n) is 15.5. The predicted molar refractivity (Wildman–Crippen MR) is 172 cm³/mol. The fraction of sp³-hybridized carbons (Fsp3) is 0.543. The molecule has 1 aliphatic carbocycles. The fourth-order valence-corrected chi connectivity index (χ4v) is 6.29. The molecule has 0 saturated heterocycles. The van der Waals surface area contributed by atoms with E-state index in [0.717, 1.165) is 16.7 Å². The summed E-state index contributed by atoms with van der Waals surface area (Å²) in [6.07, 6.45) is -1.51. The van der Waals surface area contributed by atoms with Crippen LogP contribution in [0.25, 0.3) is 0 Å². The van der Waals surface area contributed by atoms with Gasteiger partial charge in [-0.05, 0) is 93.8 Å². The van der Waals surface area contributed by atoms with Crippen LogP contribution < -0.4 is 18.9 Å². The van der Waals surface area contributed by atoms with Gasteiger partial charge < -0.3 is 29.9 Å². The summed E-state index contributed by atoms with van der Waals surface area (Å²) in [6.45, 7) is 17.1. The van der Waals surface area contributed by atoms with Gasteiger partial charge in [0.15, 0.2) is 0 Å². The minimum atomic E-state index is -4.66. The minimum Gasteiger partial charge on any atom is -0.465 e. The average molecular weight is 663 g/mol. The van der Waals surface area contributed by atoms with Gasteiger partial charge in [-0.1, -0.05) is 29.8 Å². The van der Waals surface area contributed by atoms with Crippen LogP contribution >= 0.6 is 11.6 Å². The quantitative estimate of drug-likeness (QED) is 0.110. The maximum Gasteiger partial charge on any atom is 1.00 e. The van der Waals surface area contributed by atoms with Crippen molar-refractivity contribution in [2.24, 2.45) is 0 Å². The monoisotopic (exact) mass is 662 g/mol. The normalized spacial score (nSPS) is 18.0. The summed E-state index contributed by atoms with van der Waals surface area (Å²) < 4.78 is 63.2. The molecule has 46 heavy (non-hydrogen) atoms. The molecule has 0 radical (unpaired) electrons. The van der Waals surface area contributed by atoms with Crippen LogP contribution in [0, 0.1) is 33.0 Å². The Kier molecular flexibility index (Phi) is 19.1. The number of nitrogens with zero attached hydrogens (tertiary/aromatic N) is 2. The van der Waals surface area contributed by atoms with Gasteiger partial charge in [-0.2, -0.15) is 13.8 Å². The average Bonchev–Trinajstić information content (AvgIpc) is 2.97. The largest absolute Gasteiger partial charge is 1.00 e. The van der Waals surface area contributed by atoms with Gasteiger partial charge in [-0.25, -0.2) is 9.18 Å². The van der Waals surface area contributed by atoms with Gasteiger partial charge >= 0.3 is 31.2 Å². The molecule has 3 rings (SSSR count). The maximum atomic E-state index is 15.0. The number of benzene rings is 2. The molecule has 0 bridgehead atoms. The topological polar surface area (TPSA) is 42.0 Å². The van der Waals surface area contributed by atoms with Crippen LogP contribution in [-0.2, 0) is 14.3 Å². The van der Waals surface area contributed by atoms with Gasteiger partial charge in [0.2, 0.25) is 0 Å². The molecule has 1 fully saturated rings. The molecule has 2 aromatic rings. The van der Waals surface area contributed by atoms with Gasteiger partial charge in [0.05, 0.1) is 12.7 Å². The second kappa shape index (κ2) is 20.7. The number of alkyl halides is 3. The van der Waals surface area contributed by atoms with Gasteiger partial charge in [-0.15, -0.1) is 26.3 Å². The molecule has 0 aliphatic heterocycles. The number of ether oxygens (including phenoxy) is 2. The van der Waals surface area contributed by atoms with E-state index in [-0.39, 0.29) is 56.1 Å². The van der Waals surface area contributed by atoms with Crippen LogP contribution in [0.2, 0.25) is 5.02 Å². The summed E-state index contributed by atoms with van der Waals surface area (Å²) in [5.74, 6) is -0.828. The van der Waals surface area contributed by atoms with E-state index in [1.807, 2.05) is 62.2 Å². The first-order valence-corrected chi connectivity index (χ1v) is 15.9. The summed E-state index contributed by atoms with van der Waals surface area (Å²) >= 11 is 6.22. The minimum absolute atomic E-state index is 0. The predicted octanol–water partition coefficient (Wildman–Crippen LogP) is 6.22. The first-order chi connectivity index (χ1) is 21.3. The molecule has 11 heteroatoms. The third-order valence-electron chi connectivity index (χ3n) is 8.07. The molecular weight excluding hydrogens is 615 g/mol. The summed E-state index contributed by atoms with van der Waals surface area (Å²) in [6, 6.07) is 9.04. The number of halogens is 5. The zero-order chi connectivity index (χ0) is 33.7. The maximum absolute atomic E-state index is 15.0. The third kappa shape index (κ3) is 12.4. The van der Waals surface area contributed by atoms with E-state index in [1.54, 1.807) is 13.0 Å². The van der Waals surface area contributed by atoms with Crippen molar-refractivity contribution in [2.45, 2.75) is 90.3 Å². The molecular formula is C35H48ClF4LiN2O3-2. The Morgan fingerprint density at radius 3 is 2.24 bits per heavy atom. The van der Waals surface area contributed by atoms with E-state index < -0.39 is 24.5 Å². The van der Waals surface area contributed by atoms with Crippen LogP contribution in [0.15, 0.2) is 36.4 Å². The molecule has 0 amide bonds. The number of carbonyl (C=O) groups excluding carboxylic acids is 1. The van der Waals surface area contributed by atoms with Crippen LogP contribution in [0.5, 0.6) is 0 Å². The molecule has 0 aromatic heterocycles. The Bertz CT molecular complexity index is 1190. The molecule has 5 nitrogen and oxygen atoms in total. The second-order valence-electron chi connectivity index (χ2n) is 11.3. The molecule has 254 valence electrons. The number of aryl methyl sites for hydroxylation is 1. The van der Waals surface area contributed by atoms with Gasteiger partial charge in [0.1, 0.15) is 11.9 Å². The number of hydrogen-bond acceptors (Lipinski definition) is 5. The Morgan fingerprint density at radius 2 is 1.70 bits per heavy atom. The first kappa shape index (κ1) is 42.4. The Hall–Kier alpha value is -1.60. The van der Waals surface area contributed by atoms with Gasteiger partial charge in [0.25, 0.3) is 0 Å². The number of hydrogen-bond donors (Lipinski definition) is 0. The third-order valence-corrected chi connectivity index (χ3v) is 8.31. The second-order valence-corrected chi connectivity index (χ2v) is 11.8. The van der Waals surface area contributed by atoms with Crippen molar-refractivity contribution in [1.29, 1.82) is 0 Å². The molecule has 0 spiro atoms. The molecule has 0 N–H and O–H groups in total. The van der Waals surface area contributed by atoms with Crippen molar-refractivity contribution in [3.63, 3.8) is 0 Å². The standard InChI is InChI=1S/C32H41ClF4N2O3.C3H7.Li/c1-6-39(7-2)28(26-20-23(33)14-17-27(26)34)18-19-38(5)30(31(40)41-8-3)25-11-9-10-21(4)29(25)22-12-15-24(16-13-22)42-32(35,36)37;1-3-2;/h9-11,14,17,20,22,24,28,30H,1-2,6-8,12-13,15-16,18-19H2,3-5H3;3H,1-2H3;/q-2;-1;+1/t22?,24?,28-,30?;;/m0../s1. The number of rotatable bonds is 13. The Morgan fingerprint density at radius 1 is 1.09 bits per heavy atom. The van der Waals surface area contributed by atoms with Crippen LogP contribution in [-0.4, -0.2) is 61.5 Å². The summed E-state index contributed by atoms with van der Waals surface area (Å²) in [5.41, 5.74) is 3.13. The van der Waals surface area contributed by atoms with Crippen molar-refractivity contribution in [2.75, 3.05) is 33.3 Å². The van der Waals surface area contributed by atoms with E-state index in [1.165, 1.54) is 12.1 Å². The fourth-order valence-electron chi connectivity index (χ4n) is 6.11. The van der Waals surface area contributed by atoms with Gasteiger partial charge in [-0.3, -0.25) is 9.64 Å². The van der Waals surface area contributed by atoms with Gasteiger partial charge in [0, 0.05) is 23.2 Å². The van der Waals surface area contributed by atoms with E-state index in [0.29, 0.717) is 49.5 Å².